The molecule has 2 aromatic carbocycles. The quantitative estimate of drug-likeness (QED) is 0.439. The van der Waals surface area contributed by atoms with Crippen molar-refractivity contribution in [3.8, 4) is 0 Å². The Balaban J connectivity index is 2.08. The van der Waals surface area contributed by atoms with Crippen LogP contribution in [-0.4, -0.2) is 31.3 Å². The first-order chi connectivity index (χ1) is 12.9. The predicted molar refractivity (Wildman–Crippen MR) is 104 cm³/mol. The maximum Gasteiger partial charge on any atom is 0.305 e. The van der Waals surface area contributed by atoms with Gasteiger partial charge in [-0.2, -0.15) is 0 Å². The van der Waals surface area contributed by atoms with Crippen molar-refractivity contribution in [2.24, 2.45) is 0 Å². The van der Waals surface area contributed by atoms with E-state index in [0.717, 1.165) is 11.1 Å². The summed E-state index contributed by atoms with van der Waals surface area (Å²) in [4.78, 5) is 36.6. The lowest BCUT2D eigenvalue weighted by molar-refractivity contribution is -0.140. The first-order valence-corrected chi connectivity index (χ1v) is 9.00. The fourth-order valence-corrected chi connectivity index (χ4v) is 2.80. The average molecular weight is 367 g/mol. The molecule has 5 heteroatoms. The van der Waals surface area contributed by atoms with Crippen molar-refractivity contribution in [1.29, 1.82) is 0 Å². The lowest BCUT2D eigenvalue weighted by atomic mass is 9.94. The monoisotopic (exact) mass is 367 g/mol. The van der Waals surface area contributed by atoms with Gasteiger partial charge in [-0.1, -0.05) is 35.9 Å². The Morgan fingerprint density at radius 1 is 0.926 bits per heavy atom. The lowest BCUT2D eigenvalue weighted by Gasteiger charge is -2.11. The largest absolute Gasteiger partial charge is 0.469 e. The number of hydrogen-bond acceptors (Lipinski definition) is 4. The number of hydrogen-bond donors (Lipinski definition) is 1. The van der Waals surface area contributed by atoms with Gasteiger partial charge < -0.3 is 10.1 Å². The van der Waals surface area contributed by atoms with Gasteiger partial charge in [0.25, 0.3) is 5.91 Å². The summed E-state index contributed by atoms with van der Waals surface area (Å²) in [6, 6.07) is 12.5. The molecule has 0 atom stereocenters. The van der Waals surface area contributed by atoms with Crippen LogP contribution in [0, 0.1) is 13.8 Å². The second kappa shape index (κ2) is 9.67. The number of unbranched alkanes of at least 4 members (excludes halogenated alkanes) is 1. The molecular weight excluding hydrogens is 342 g/mol. The number of ether oxygens (including phenoxy) is 1. The van der Waals surface area contributed by atoms with Crippen LogP contribution >= 0.6 is 0 Å². The van der Waals surface area contributed by atoms with Crippen LogP contribution < -0.4 is 5.32 Å². The van der Waals surface area contributed by atoms with E-state index < -0.39 is 0 Å². The minimum atomic E-state index is -0.290. The van der Waals surface area contributed by atoms with Crippen LogP contribution in [0.15, 0.2) is 42.5 Å². The molecule has 0 aliphatic carbocycles. The molecule has 0 unspecified atom stereocenters. The van der Waals surface area contributed by atoms with Crippen LogP contribution in [0.3, 0.4) is 0 Å². The van der Waals surface area contributed by atoms with Crippen molar-refractivity contribution >= 4 is 17.7 Å². The minimum Gasteiger partial charge on any atom is -0.469 e. The van der Waals surface area contributed by atoms with Crippen LogP contribution in [-0.2, 0) is 9.53 Å². The van der Waals surface area contributed by atoms with Gasteiger partial charge in [-0.3, -0.25) is 14.4 Å². The minimum absolute atomic E-state index is 0.160. The molecule has 0 aliphatic rings. The van der Waals surface area contributed by atoms with Crippen LogP contribution in [0.5, 0.6) is 0 Å². The molecule has 0 saturated heterocycles. The van der Waals surface area contributed by atoms with Gasteiger partial charge in [-0.15, -0.1) is 0 Å². The third-order valence-electron chi connectivity index (χ3n) is 4.37. The summed E-state index contributed by atoms with van der Waals surface area (Å²) < 4.78 is 4.59. The van der Waals surface area contributed by atoms with Crippen LogP contribution in [0.2, 0.25) is 0 Å². The highest BCUT2D eigenvalue weighted by Crippen LogP contribution is 2.19. The second-order valence-electron chi connectivity index (χ2n) is 6.48. The first kappa shape index (κ1) is 20.4. The molecule has 142 valence electrons. The van der Waals surface area contributed by atoms with Crippen molar-refractivity contribution in [2.45, 2.75) is 33.1 Å². The van der Waals surface area contributed by atoms with Crippen molar-refractivity contribution in [3.05, 3.63) is 70.3 Å². The van der Waals surface area contributed by atoms with E-state index in [1.165, 1.54) is 7.11 Å². The first-order valence-electron chi connectivity index (χ1n) is 9.00. The SMILES string of the molecule is COC(=O)CCCCNC(=O)c1ccccc1C(=O)c1cc(C)ccc1C. The van der Waals surface area contributed by atoms with Gasteiger partial charge in [0.1, 0.15) is 0 Å². The molecule has 0 fully saturated rings. The number of nitrogens with one attached hydrogen (secondary N) is 1. The zero-order valence-corrected chi connectivity index (χ0v) is 16.0. The van der Waals surface area contributed by atoms with E-state index in [1.54, 1.807) is 24.3 Å². The fraction of sp³-hybridized carbons (Fsp3) is 0.318. The van der Waals surface area contributed by atoms with E-state index in [4.69, 9.17) is 0 Å². The van der Waals surface area contributed by atoms with Gasteiger partial charge in [0.05, 0.1) is 12.7 Å². The van der Waals surface area contributed by atoms with Gasteiger partial charge in [0.2, 0.25) is 0 Å². The molecule has 0 aromatic heterocycles. The Morgan fingerprint density at radius 3 is 2.33 bits per heavy atom. The summed E-state index contributed by atoms with van der Waals surface area (Å²) >= 11 is 0. The van der Waals surface area contributed by atoms with Gasteiger partial charge in [-0.25, -0.2) is 0 Å². The number of benzene rings is 2. The van der Waals surface area contributed by atoms with E-state index in [-0.39, 0.29) is 17.7 Å². The van der Waals surface area contributed by atoms with Gasteiger partial charge in [-0.05, 0) is 44.4 Å². The number of esters is 1. The number of methoxy groups -OCH3 is 1. The molecule has 27 heavy (non-hydrogen) atoms. The van der Waals surface area contributed by atoms with Crippen LogP contribution in [0.25, 0.3) is 0 Å². The Morgan fingerprint density at radius 2 is 1.63 bits per heavy atom. The fourth-order valence-electron chi connectivity index (χ4n) is 2.80. The molecule has 0 spiro atoms. The maximum atomic E-state index is 13.0. The molecule has 0 heterocycles. The van der Waals surface area contributed by atoms with Crippen molar-refractivity contribution in [3.63, 3.8) is 0 Å². The third-order valence-corrected chi connectivity index (χ3v) is 4.37. The highest BCUT2D eigenvalue weighted by atomic mass is 16.5. The summed E-state index contributed by atoms with van der Waals surface area (Å²) in [6.07, 6.45) is 1.62. The summed E-state index contributed by atoms with van der Waals surface area (Å²) in [6.45, 7) is 4.25. The number of aryl methyl sites for hydroxylation is 2. The van der Waals surface area contributed by atoms with Gasteiger partial charge in [0.15, 0.2) is 5.78 Å². The number of ketones is 1. The van der Waals surface area contributed by atoms with Crippen LogP contribution in [0.1, 0.15) is 56.7 Å². The second-order valence-corrected chi connectivity index (χ2v) is 6.48. The van der Waals surface area contributed by atoms with E-state index in [9.17, 15) is 14.4 Å². The predicted octanol–water partition coefficient (Wildman–Crippen LogP) is 3.61. The molecule has 1 amide bonds. The Bertz CT molecular complexity index is 842. The molecule has 5 nitrogen and oxygen atoms in total. The lowest BCUT2D eigenvalue weighted by Crippen LogP contribution is -2.26. The van der Waals surface area contributed by atoms with Crippen molar-refractivity contribution in [2.75, 3.05) is 13.7 Å². The molecule has 0 saturated carbocycles. The standard InChI is InChI=1S/C22H25NO4/c1-15-11-12-16(2)19(14-15)21(25)17-8-4-5-9-18(17)22(26)23-13-7-6-10-20(24)27-3/h4-5,8-9,11-12,14H,6-7,10,13H2,1-3H3,(H,23,26). The number of rotatable bonds is 8. The highest BCUT2D eigenvalue weighted by Gasteiger charge is 2.19. The topological polar surface area (TPSA) is 72.5 Å². The zero-order chi connectivity index (χ0) is 19.8. The van der Waals surface area contributed by atoms with Crippen molar-refractivity contribution < 1.29 is 19.1 Å². The van der Waals surface area contributed by atoms with Gasteiger partial charge >= 0.3 is 5.97 Å². The van der Waals surface area contributed by atoms with Crippen molar-refractivity contribution in [1.82, 2.24) is 5.32 Å². The van der Waals surface area contributed by atoms with Gasteiger partial charge in [0, 0.05) is 24.1 Å². The van der Waals surface area contributed by atoms with E-state index >= 15 is 0 Å². The molecule has 0 radical (unpaired) electrons. The zero-order valence-electron chi connectivity index (χ0n) is 16.0. The summed E-state index contributed by atoms with van der Waals surface area (Å²) in [5.74, 6) is -0.708. The molecule has 2 aromatic rings. The molecule has 1 N–H and O–H groups in total. The normalized spacial score (nSPS) is 10.3. The number of carbonyl (C=O) groups excluding carboxylic acids is 3. The molecule has 2 rings (SSSR count). The summed E-state index contributed by atoms with van der Waals surface area (Å²) in [5, 5.41) is 2.82. The summed E-state index contributed by atoms with van der Waals surface area (Å²) in [7, 11) is 1.36. The Hall–Kier alpha value is -2.95. The Kier molecular flexibility index (Phi) is 7.29. The number of amides is 1. The van der Waals surface area contributed by atoms with E-state index in [0.29, 0.717) is 42.5 Å². The highest BCUT2D eigenvalue weighted by molar-refractivity contribution is 6.15. The average Bonchev–Trinajstić information content (AvgIpc) is 2.68. The Labute approximate surface area is 159 Å². The summed E-state index contributed by atoms with van der Waals surface area (Å²) in [5.41, 5.74) is 3.23. The van der Waals surface area contributed by atoms with E-state index in [1.807, 2.05) is 32.0 Å². The molecule has 0 bridgehead atoms. The maximum absolute atomic E-state index is 13.0. The smallest absolute Gasteiger partial charge is 0.305 e. The number of carbonyl (C=O) groups is 3. The van der Waals surface area contributed by atoms with E-state index in [2.05, 4.69) is 10.1 Å². The molecule has 0 aliphatic heterocycles. The van der Waals surface area contributed by atoms with Crippen LogP contribution in [0.4, 0.5) is 0 Å². The third kappa shape index (κ3) is 5.51. The molecular formula is C22H25NO4.